The maximum Gasteiger partial charge on any atom is 0.272 e. The highest BCUT2D eigenvalue weighted by Crippen LogP contribution is 2.30. The van der Waals surface area contributed by atoms with Crippen molar-refractivity contribution in [3.63, 3.8) is 0 Å². The van der Waals surface area contributed by atoms with Crippen LogP contribution in [-0.2, 0) is 9.59 Å². The standard InChI is InChI=1S/C34H28FN5O3S2/c1-2-30(33(43)40-34-39-29(21-44-34)23-13-15-25(35)16-14-23)45-27-12-6-11-26(19-27)37-32(42)28(18-22-8-7-17-36-20-22)38-31(41)24-9-4-3-5-10-24/h3-21,30H,2H2,1H3,(H,37,42)(H,38,41)(H,39,40,43)/b28-18-. The summed E-state index contributed by atoms with van der Waals surface area (Å²) >= 11 is 2.65. The minimum Gasteiger partial charge on any atom is -0.321 e. The molecule has 2 aromatic heterocycles. The van der Waals surface area contributed by atoms with Gasteiger partial charge in [-0.25, -0.2) is 9.37 Å². The molecular formula is C34H28FN5O3S2. The monoisotopic (exact) mass is 637 g/mol. The van der Waals surface area contributed by atoms with Gasteiger partial charge in [-0.2, -0.15) is 0 Å². The SMILES string of the molecule is CCC(Sc1cccc(NC(=O)/C(=C/c2cccnc2)NC(=O)c2ccccc2)c1)C(=O)Nc1nc(-c2ccc(F)cc2)cs1. The summed E-state index contributed by atoms with van der Waals surface area (Å²) in [5.74, 6) is -1.48. The molecule has 0 bridgehead atoms. The van der Waals surface area contributed by atoms with Crippen LogP contribution in [-0.4, -0.2) is 32.9 Å². The van der Waals surface area contributed by atoms with Crippen LogP contribution in [0.1, 0.15) is 29.3 Å². The normalized spacial score (nSPS) is 11.8. The second kappa shape index (κ2) is 15.0. The first kappa shape index (κ1) is 31.3. The van der Waals surface area contributed by atoms with E-state index in [9.17, 15) is 18.8 Å². The highest BCUT2D eigenvalue weighted by Gasteiger charge is 2.20. The van der Waals surface area contributed by atoms with Crippen LogP contribution in [0.25, 0.3) is 17.3 Å². The van der Waals surface area contributed by atoms with Crippen molar-refractivity contribution in [3.8, 4) is 11.3 Å². The van der Waals surface area contributed by atoms with E-state index in [1.54, 1.807) is 91.3 Å². The third-order valence-corrected chi connectivity index (χ3v) is 8.55. The van der Waals surface area contributed by atoms with E-state index >= 15 is 0 Å². The summed E-state index contributed by atoms with van der Waals surface area (Å²) in [5, 5.41) is 10.3. The van der Waals surface area contributed by atoms with Gasteiger partial charge in [0.15, 0.2) is 5.13 Å². The Morgan fingerprint density at radius 2 is 1.76 bits per heavy atom. The second-order valence-corrected chi connectivity index (χ2v) is 11.8. The number of thioether (sulfide) groups is 1. The minimum atomic E-state index is -0.518. The van der Waals surface area contributed by atoms with Crippen molar-refractivity contribution in [2.45, 2.75) is 23.5 Å². The van der Waals surface area contributed by atoms with Gasteiger partial charge in [0, 0.05) is 39.5 Å². The lowest BCUT2D eigenvalue weighted by Gasteiger charge is -2.15. The van der Waals surface area contributed by atoms with E-state index in [0.717, 1.165) is 10.5 Å². The second-order valence-electron chi connectivity index (χ2n) is 9.70. The van der Waals surface area contributed by atoms with Crippen LogP contribution in [0.4, 0.5) is 15.2 Å². The van der Waals surface area contributed by atoms with Crippen molar-refractivity contribution < 1.29 is 18.8 Å². The molecule has 0 aliphatic rings. The first-order chi connectivity index (χ1) is 21.9. The van der Waals surface area contributed by atoms with Crippen LogP contribution in [0, 0.1) is 5.82 Å². The molecule has 5 aromatic rings. The largest absolute Gasteiger partial charge is 0.321 e. The van der Waals surface area contributed by atoms with Gasteiger partial charge in [-0.1, -0.05) is 37.3 Å². The van der Waals surface area contributed by atoms with E-state index in [1.807, 2.05) is 18.4 Å². The van der Waals surface area contributed by atoms with Gasteiger partial charge in [-0.3, -0.25) is 19.4 Å². The van der Waals surface area contributed by atoms with Crippen molar-refractivity contribution in [1.82, 2.24) is 15.3 Å². The number of thiazole rings is 1. The molecule has 3 N–H and O–H groups in total. The predicted octanol–water partition coefficient (Wildman–Crippen LogP) is 7.26. The number of amides is 3. The third-order valence-electron chi connectivity index (χ3n) is 6.43. The van der Waals surface area contributed by atoms with Gasteiger partial charge in [0.2, 0.25) is 5.91 Å². The topological polar surface area (TPSA) is 113 Å². The van der Waals surface area contributed by atoms with Crippen LogP contribution in [0.3, 0.4) is 0 Å². The van der Waals surface area contributed by atoms with Crippen molar-refractivity contribution >= 4 is 57.7 Å². The number of aromatic nitrogens is 2. The molecule has 3 amide bonds. The molecule has 226 valence electrons. The molecule has 0 aliphatic heterocycles. The number of rotatable bonds is 11. The molecule has 0 fully saturated rings. The molecule has 0 aliphatic carbocycles. The number of halogens is 1. The van der Waals surface area contributed by atoms with Gasteiger partial charge < -0.3 is 16.0 Å². The predicted molar refractivity (Wildman–Crippen MR) is 177 cm³/mol. The lowest BCUT2D eigenvalue weighted by Crippen LogP contribution is -2.30. The molecule has 5 rings (SSSR count). The quantitative estimate of drug-likeness (QED) is 0.104. The number of nitrogens with one attached hydrogen (secondary N) is 3. The summed E-state index contributed by atoms with van der Waals surface area (Å²) < 4.78 is 13.3. The van der Waals surface area contributed by atoms with Crippen molar-refractivity contribution in [2.24, 2.45) is 0 Å². The summed E-state index contributed by atoms with van der Waals surface area (Å²) in [5.41, 5.74) is 3.00. The summed E-state index contributed by atoms with van der Waals surface area (Å²) in [6, 6.07) is 25.3. The average Bonchev–Trinajstić information content (AvgIpc) is 3.53. The van der Waals surface area contributed by atoms with Crippen LogP contribution in [0.5, 0.6) is 0 Å². The van der Waals surface area contributed by atoms with Gasteiger partial charge in [-0.15, -0.1) is 23.1 Å². The number of hydrogen-bond acceptors (Lipinski definition) is 7. The molecular weight excluding hydrogens is 610 g/mol. The molecule has 2 heterocycles. The summed E-state index contributed by atoms with van der Waals surface area (Å²) in [6.07, 6.45) is 5.31. The van der Waals surface area contributed by atoms with Gasteiger partial charge in [0.05, 0.1) is 10.9 Å². The molecule has 1 unspecified atom stereocenters. The average molecular weight is 638 g/mol. The van der Waals surface area contributed by atoms with E-state index in [4.69, 9.17) is 0 Å². The van der Waals surface area contributed by atoms with E-state index in [1.165, 1.54) is 35.2 Å². The summed E-state index contributed by atoms with van der Waals surface area (Å²) in [6.45, 7) is 1.92. The Labute approximate surface area is 267 Å². The van der Waals surface area contributed by atoms with Crippen molar-refractivity contribution in [3.05, 3.63) is 131 Å². The zero-order chi connectivity index (χ0) is 31.6. The van der Waals surface area contributed by atoms with Gasteiger partial charge >= 0.3 is 0 Å². The summed E-state index contributed by atoms with van der Waals surface area (Å²) in [4.78, 5) is 48.8. The molecule has 0 saturated carbocycles. The molecule has 11 heteroatoms. The zero-order valence-corrected chi connectivity index (χ0v) is 25.7. The number of hydrogen-bond donors (Lipinski definition) is 3. The minimum absolute atomic E-state index is 0.0455. The number of pyridine rings is 1. The lowest BCUT2D eigenvalue weighted by atomic mass is 10.2. The van der Waals surface area contributed by atoms with Gasteiger partial charge in [-0.05, 0) is 78.7 Å². The van der Waals surface area contributed by atoms with Crippen LogP contribution in [0.15, 0.2) is 119 Å². The number of carbonyl (C=O) groups is 3. The smallest absolute Gasteiger partial charge is 0.272 e. The van der Waals surface area contributed by atoms with E-state index in [2.05, 4.69) is 25.9 Å². The number of nitrogens with zero attached hydrogens (tertiary/aromatic N) is 2. The van der Waals surface area contributed by atoms with Crippen molar-refractivity contribution in [2.75, 3.05) is 10.6 Å². The summed E-state index contributed by atoms with van der Waals surface area (Å²) in [7, 11) is 0. The van der Waals surface area contributed by atoms with Crippen molar-refractivity contribution in [1.29, 1.82) is 0 Å². The fourth-order valence-electron chi connectivity index (χ4n) is 4.17. The molecule has 8 nitrogen and oxygen atoms in total. The Kier molecular flexibility index (Phi) is 10.5. The number of benzene rings is 3. The molecule has 1 atom stereocenters. The Hall–Kier alpha value is -5.13. The molecule has 0 radical (unpaired) electrons. The molecule has 0 spiro atoms. The first-order valence-corrected chi connectivity index (χ1v) is 15.7. The zero-order valence-electron chi connectivity index (χ0n) is 24.1. The molecule has 45 heavy (non-hydrogen) atoms. The Bertz CT molecular complexity index is 1810. The third kappa shape index (κ3) is 8.71. The fourth-order valence-corrected chi connectivity index (χ4v) is 5.91. The Morgan fingerprint density at radius 3 is 2.49 bits per heavy atom. The number of anilines is 2. The van der Waals surface area contributed by atoms with Gasteiger partial charge in [0.25, 0.3) is 11.8 Å². The van der Waals surface area contributed by atoms with E-state index < -0.39 is 17.1 Å². The molecule has 3 aromatic carbocycles. The fraction of sp³-hybridized carbons (Fsp3) is 0.0882. The lowest BCUT2D eigenvalue weighted by molar-refractivity contribution is -0.116. The highest BCUT2D eigenvalue weighted by atomic mass is 32.2. The first-order valence-electron chi connectivity index (χ1n) is 14.0. The maximum atomic E-state index is 13.4. The maximum absolute atomic E-state index is 13.4. The van der Waals surface area contributed by atoms with E-state index in [-0.39, 0.29) is 17.4 Å². The Balaban J connectivity index is 1.26. The highest BCUT2D eigenvalue weighted by molar-refractivity contribution is 8.00. The van der Waals surface area contributed by atoms with Crippen LogP contribution in [0.2, 0.25) is 0 Å². The van der Waals surface area contributed by atoms with Crippen LogP contribution >= 0.6 is 23.1 Å². The molecule has 0 saturated heterocycles. The Morgan fingerprint density at radius 1 is 0.956 bits per heavy atom. The number of carbonyl (C=O) groups excluding carboxylic acids is 3. The van der Waals surface area contributed by atoms with E-state index in [0.29, 0.717) is 34.1 Å². The van der Waals surface area contributed by atoms with Gasteiger partial charge in [0.1, 0.15) is 11.5 Å². The van der Waals surface area contributed by atoms with Crippen LogP contribution < -0.4 is 16.0 Å².